The Bertz CT molecular complexity index is 291. The van der Waals surface area contributed by atoms with Crippen molar-refractivity contribution in [2.45, 2.75) is 19.1 Å². The Kier molecular flexibility index (Phi) is 3.32. The molecule has 1 amide bonds. The molecule has 0 radical (unpaired) electrons. The van der Waals surface area contributed by atoms with E-state index in [0.717, 1.165) is 11.5 Å². The van der Waals surface area contributed by atoms with Gasteiger partial charge in [-0.25, -0.2) is 10.8 Å². The second kappa shape index (κ2) is 4.29. The van der Waals surface area contributed by atoms with Gasteiger partial charge in [0.25, 0.3) is 5.22 Å². The predicted molar refractivity (Wildman–Crippen MR) is 49.0 cm³/mol. The molecular weight excluding hydrogens is 190 g/mol. The molecule has 5 nitrogen and oxygen atoms in total. The number of nitrogens with two attached hydrogens (primary N) is 1. The summed E-state index contributed by atoms with van der Waals surface area (Å²) in [4.78, 5) is 14.8. The summed E-state index contributed by atoms with van der Waals surface area (Å²) in [6.07, 6.45) is 0. The van der Waals surface area contributed by atoms with Crippen LogP contribution in [0.1, 0.15) is 11.5 Å². The lowest BCUT2D eigenvalue weighted by Gasteiger charge is -1.94. The van der Waals surface area contributed by atoms with Gasteiger partial charge >= 0.3 is 0 Å². The predicted octanol–water partition coefficient (Wildman–Crippen LogP) is 0.373. The summed E-state index contributed by atoms with van der Waals surface area (Å²) in [6, 6.07) is 0. The van der Waals surface area contributed by atoms with Crippen LogP contribution in [0.2, 0.25) is 0 Å². The molecule has 6 heteroatoms. The third-order valence-electron chi connectivity index (χ3n) is 1.50. The second-order valence-corrected chi connectivity index (χ2v) is 3.40. The summed E-state index contributed by atoms with van der Waals surface area (Å²) >= 11 is 1.22. The van der Waals surface area contributed by atoms with Crippen LogP contribution in [-0.4, -0.2) is 16.6 Å². The third kappa shape index (κ3) is 2.74. The molecular formula is C7H11N3O2S. The standard InChI is InChI=1S/C7H11N3O2S/c1-4-5(2)12-7(9-4)13-3-6(11)10-8/h3,8H2,1-2H3,(H,10,11). The quantitative estimate of drug-likeness (QED) is 0.319. The van der Waals surface area contributed by atoms with Crippen molar-refractivity contribution in [3.05, 3.63) is 11.5 Å². The highest BCUT2D eigenvalue weighted by molar-refractivity contribution is 7.99. The molecule has 0 aliphatic carbocycles. The summed E-state index contributed by atoms with van der Waals surface area (Å²) in [7, 11) is 0. The number of rotatable bonds is 3. The second-order valence-electron chi connectivity index (χ2n) is 2.48. The number of hydrogen-bond acceptors (Lipinski definition) is 5. The van der Waals surface area contributed by atoms with Gasteiger partial charge in [-0.15, -0.1) is 0 Å². The number of thioether (sulfide) groups is 1. The van der Waals surface area contributed by atoms with E-state index >= 15 is 0 Å². The minimum atomic E-state index is -0.251. The fourth-order valence-electron chi connectivity index (χ4n) is 0.674. The van der Waals surface area contributed by atoms with Crippen LogP contribution in [-0.2, 0) is 4.79 Å². The molecule has 0 spiro atoms. The Morgan fingerprint density at radius 1 is 1.69 bits per heavy atom. The van der Waals surface area contributed by atoms with Crippen molar-refractivity contribution >= 4 is 17.7 Å². The first kappa shape index (κ1) is 10.1. The van der Waals surface area contributed by atoms with Gasteiger partial charge in [-0.2, -0.15) is 0 Å². The van der Waals surface area contributed by atoms with E-state index in [4.69, 9.17) is 10.3 Å². The molecule has 0 bridgehead atoms. The fraction of sp³-hybridized carbons (Fsp3) is 0.429. The van der Waals surface area contributed by atoms with E-state index in [9.17, 15) is 4.79 Å². The van der Waals surface area contributed by atoms with Gasteiger partial charge in [-0.05, 0) is 13.8 Å². The van der Waals surface area contributed by atoms with Gasteiger partial charge in [0.15, 0.2) is 0 Å². The summed E-state index contributed by atoms with van der Waals surface area (Å²) in [5, 5.41) is 0.499. The fourth-order valence-corrected chi connectivity index (χ4v) is 1.40. The molecule has 72 valence electrons. The summed E-state index contributed by atoms with van der Waals surface area (Å²) in [6.45, 7) is 3.68. The first-order chi connectivity index (χ1) is 6.13. The van der Waals surface area contributed by atoms with Crippen molar-refractivity contribution < 1.29 is 9.21 Å². The number of carbonyl (C=O) groups excluding carboxylic acids is 1. The van der Waals surface area contributed by atoms with E-state index in [1.54, 1.807) is 0 Å². The average molecular weight is 201 g/mol. The van der Waals surface area contributed by atoms with E-state index in [0.29, 0.717) is 5.22 Å². The maximum Gasteiger partial charge on any atom is 0.256 e. The Morgan fingerprint density at radius 2 is 2.38 bits per heavy atom. The Morgan fingerprint density at radius 3 is 2.85 bits per heavy atom. The van der Waals surface area contributed by atoms with Gasteiger partial charge in [0, 0.05) is 0 Å². The Balaban J connectivity index is 2.50. The number of carbonyl (C=O) groups is 1. The zero-order chi connectivity index (χ0) is 9.84. The summed E-state index contributed by atoms with van der Waals surface area (Å²) in [5.41, 5.74) is 2.87. The molecule has 1 heterocycles. The largest absolute Gasteiger partial charge is 0.437 e. The van der Waals surface area contributed by atoms with E-state index in [1.807, 2.05) is 19.3 Å². The van der Waals surface area contributed by atoms with Crippen LogP contribution in [0.5, 0.6) is 0 Å². The van der Waals surface area contributed by atoms with E-state index in [2.05, 4.69) is 4.98 Å². The van der Waals surface area contributed by atoms with Gasteiger partial charge < -0.3 is 4.42 Å². The molecule has 0 aromatic carbocycles. The number of amides is 1. The highest BCUT2D eigenvalue weighted by atomic mass is 32.2. The molecule has 0 fully saturated rings. The average Bonchev–Trinajstić information content (AvgIpc) is 2.42. The Hall–Kier alpha value is -1.01. The van der Waals surface area contributed by atoms with E-state index in [-0.39, 0.29) is 11.7 Å². The first-order valence-corrected chi connectivity index (χ1v) is 4.68. The van der Waals surface area contributed by atoms with Crippen LogP contribution in [0.25, 0.3) is 0 Å². The molecule has 13 heavy (non-hydrogen) atoms. The molecule has 0 unspecified atom stereocenters. The maximum absolute atomic E-state index is 10.8. The minimum absolute atomic E-state index is 0.218. The van der Waals surface area contributed by atoms with Crippen molar-refractivity contribution in [1.82, 2.24) is 10.4 Å². The van der Waals surface area contributed by atoms with Crippen LogP contribution in [0.15, 0.2) is 9.64 Å². The van der Waals surface area contributed by atoms with Gasteiger partial charge in [0.2, 0.25) is 5.91 Å². The van der Waals surface area contributed by atoms with Gasteiger partial charge in [-0.1, -0.05) is 11.8 Å². The lowest BCUT2D eigenvalue weighted by atomic mass is 10.4. The van der Waals surface area contributed by atoms with Crippen LogP contribution >= 0.6 is 11.8 Å². The van der Waals surface area contributed by atoms with Crippen molar-refractivity contribution in [1.29, 1.82) is 0 Å². The lowest BCUT2D eigenvalue weighted by molar-refractivity contribution is -0.118. The van der Waals surface area contributed by atoms with Crippen LogP contribution in [0.4, 0.5) is 0 Å². The maximum atomic E-state index is 10.8. The van der Waals surface area contributed by atoms with E-state index < -0.39 is 0 Å². The topological polar surface area (TPSA) is 81.2 Å². The number of hydrogen-bond donors (Lipinski definition) is 2. The normalized spacial score (nSPS) is 10.1. The van der Waals surface area contributed by atoms with Crippen molar-refractivity contribution in [2.75, 3.05) is 5.75 Å². The van der Waals surface area contributed by atoms with Crippen LogP contribution in [0.3, 0.4) is 0 Å². The minimum Gasteiger partial charge on any atom is -0.437 e. The highest BCUT2D eigenvalue weighted by Crippen LogP contribution is 2.19. The SMILES string of the molecule is Cc1nc(SCC(=O)NN)oc1C. The molecule has 0 aliphatic heterocycles. The van der Waals surface area contributed by atoms with Crippen molar-refractivity contribution in [3.8, 4) is 0 Å². The number of nitrogens with zero attached hydrogens (tertiary/aromatic N) is 1. The van der Waals surface area contributed by atoms with E-state index in [1.165, 1.54) is 11.8 Å². The zero-order valence-corrected chi connectivity index (χ0v) is 8.27. The molecule has 1 aromatic heterocycles. The zero-order valence-electron chi connectivity index (χ0n) is 7.46. The number of aromatic nitrogens is 1. The number of hydrazine groups is 1. The van der Waals surface area contributed by atoms with Gasteiger partial charge in [0.05, 0.1) is 11.4 Å². The third-order valence-corrected chi connectivity index (χ3v) is 2.32. The molecule has 0 saturated carbocycles. The summed E-state index contributed by atoms with van der Waals surface area (Å²) in [5.74, 6) is 5.65. The Labute approximate surface area is 80.0 Å². The first-order valence-electron chi connectivity index (χ1n) is 3.69. The van der Waals surface area contributed by atoms with Gasteiger partial charge in [0.1, 0.15) is 5.76 Å². The lowest BCUT2D eigenvalue weighted by Crippen LogP contribution is -2.31. The van der Waals surface area contributed by atoms with Crippen LogP contribution < -0.4 is 11.3 Å². The molecule has 1 rings (SSSR count). The summed E-state index contributed by atoms with van der Waals surface area (Å²) < 4.78 is 5.24. The number of aryl methyl sites for hydroxylation is 2. The molecule has 3 N–H and O–H groups in total. The van der Waals surface area contributed by atoms with Gasteiger partial charge in [-0.3, -0.25) is 10.2 Å². The monoisotopic (exact) mass is 201 g/mol. The highest BCUT2D eigenvalue weighted by Gasteiger charge is 2.07. The number of nitrogens with one attached hydrogen (secondary N) is 1. The molecule has 0 aliphatic rings. The molecule has 0 saturated heterocycles. The molecule has 1 aromatic rings. The van der Waals surface area contributed by atoms with Crippen molar-refractivity contribution in [2.24, 2.45) is 5.84 Å². The number of oxazole rings is 1. The smallest absolute Gasteiger partial charge is 0.256 e. The van der Waals surface area contributed by atoms with Crippen LogP contribution in [0, 0.1) is 13.8 Å². The van der Waals surface area contributed by atoms with Crippen molar-refractivity contribution in [3.63, 3.8) is 0 Å². The molecule has 0 atom stereocenters.